The summed E-state index contributed by atoms with van der Waals surface area (Å²) >= 11 is 0. The highest BCUT2D eigenvalue weighted by Crippen LogP contribution is 2.16. The first kappa shape index (κ1) is 15.1. The Kier molecular flexibility index (Phi) is 4.31. The number of amides is 2. The number of nitrogens with one attached hydrogen (secondary N) is 2. The highest BCUT2D eigenvalue weighted by Gasteiger charge is 2.25. The average Bonchev–Trinajstić information content (AvgIpc) is 3.20. The van der Waals surface area contributed by atoms with Crippen LogP contribution in [0.3, 0.4) is 0 Å². The number of nitrogens with zero attached hydrogens (tertiary/aromatic N) is 3. The average molecular weight is 317 g/mol. The first-order chi connectivity index (χ1) is 11.1. The molecule has 1 aliphatic rings. The first-order valence-electron chi connectivity index (χ1n) is 7.38. The summed E-state index contributed by atoms with van der Waals surface area (Å²) in [7, 11) is 0. The lowest BCUT2D eigenvalue weighted by Crippen LogP contribution is -2.29. The van der Waals surface area contributed by atoms with Gasteiger partial charge in [0.25, 0.3) is 5.91 Å². The van der Waals surface area contributed by atoms with Crippen molar-refractivity contribution in [3.8, 4) is 0 Å². The first-order valence-corrected chi connectivity index (χ1v) is 7.38. The second-order valence-corrected chi connectivity index (χ2v) is 5.37. The molecule has 2 heterocycles. The van der Waals surface area contributed by atoms with E-state index < -0.39 is 0 Å². The Hall–Kier alpha value is -2.77. The molecule has 2 amide bonds. The molecule has 0 aliphatic carbocycles. The Morgan fingerprint density at radius 2 is 1.87 bits per heavy atom. The molecule has 120 valence electrons. The third-order valence-electron chi connectivity index (χ3n) is 3.68. The number of hydrogen-bond acceptors (Lipinski definition) is 4. The molecule has 1 saturated heterocycles. The molecule has 0 saturated carbocycles. The minimum absolute atomic E-state index is 0.0600. The van der Waals surface area contributed by atoms with Gasteiger partial charge in [0, 0.05) is 13.1 Å². The van der Waals surface area contributed by atoms with Crippen molar-refractivity contribution in [2.24, 2.45) is 0 Å². The Labute approximate surface area is 131 Å². The molecule has 23 heavy (non-hydrogen) atoms. The van der Waals surface area contributed by atoms with E-state index in [4.69, 9.17) is 0 Å². The zero-order valence-corrected chi connectivity index (χ0v) is 12.4. The quantitative estimate of drug-likeness (QED) is 0.891. The van der Waals surface area contributed by atoms with Gasteiger partial charge in [0.15, 0.2) is 11.5 Å². The maximum absolute atomic E-state index is 12.9. The van der Waals surface area contributed by atoms with Crippen LogP contribution in [0.2, 0.25) is 0 Å². The minimum atomic E-state index is -0.357. The van der Waals surface area contributed by atoms with Crippen LogP contribution in [-0.4, -0.2) is 45.2 Å². The lowest BCUT2D eigenvalue weighted by Gasteiger charge is -2.13. The van der Waals surface area contributed by atoms with E-state index in [1.165, 1.54) is 24.3 Å². The van der Waals surface area contributed by atoms with Crippen molar-refractivity contribution in [2.75, 3.05) is 18.4 Å². The van der Waals surface area contributed by atoms with Crippen molar-refractivity contribution in [2.45, 2.75) is 19.3 Å². The molecule has 7 nitrogen and oxygen atoms in total. The Balaban J connectivity index is 1.66. The van der Waals surface area contributed by atoms with Crippen LogP contribution < -0.4 is 5.32 Å². The fourth-order valence-corrected chi connectivity index (χ4v) is 2.50. The Morgan fingerprint density at radius 1 is 1.17 bits per heavy atom. The summed E-state index contributed by atoms with van der Waals surface area (Å²) in [5, 5.41) is 12.6. The number of carbonyl (C=O) groups excluding carboxylic acids is 2. The molecule has 1 aliphatic heterocycles. The number of halogens is 1. The van der Waals surface area contributed by atoms with Crippen LogP contribution in [0.15, 0.2) is 24.3 Å². The summed E-state index contributed by atoms with van der Waals surface area (Å²) in [6.07, 6.45) is 2.00. The number of likely N-dealkylation sites (tertiary alicyclic amines) is 1. The van der Waals surface area contributed by atoms with Gasteiger partial charge < -0.3 is 10.2 Å². The largest absolute Gasteiger partial charge is 0.337 e. The fourth-order valence-electron chi connectivity index (χ4n) is 2.50. The number of carbonyl (C=O) groups is 2. The SMILES string of the molecule is O=C(Cc1ccc(F)cc1)Nc1n[nH]nc1C(=O)N1CCCC1. The number of benzene rings is 1. The molecule has 0 radical (unpaired) electrons. The zero-order chi connectivity index (χ0) is 16.2. The van der Waals surface area contributed by atoms with Crippen molar-refractivity contribution < 1.29 is 14.0 Å². The predicted molar refractivity (Wildman–Crippen MR) is 80.3 cm³/mol. The van der Waals surface area contributed by atoms with Crippen LogP contribution in [-0.2, 0) is 11.2 Å². The van der Waals surface area contributed by atoms with E-state index in [1.54, 1.807) is 4.90 Å². The number of aromatic nitrogens is 3. The van der Waals surface area contributed by atoms with Crippen molar-refractivity contribution >= 4 is 17.6 Å². The van der Waals surface area contributed by atoms with Crippen molar-refractivity contribution in [1.29, 1.82) is 0 Å². The van der Waals surface area contributed by atoms with Gasteiger partial charge in [0.2, 0.25) is 5.91 Å². The number of H-pyrrole nitrogens is 1. The molecular weight excluding hydrogens is 301 g/mol. The van der Waals surface area contributed by atoms with Gasteiger partial charge in [0.1, 0.15) is 5.82 Å². The molecule has 0 atom stereocenters. The summed E-state index contributed by atoms with van der Waals surface area (Å²) in [6.45, 7) is 1.38. The fraction of sp³-hybridized carbons (Fsp3) is 0.333. The standard InChI is InChI=1S/C15H16FN5O2/c16-11-5-3-10(4-6-11)9-12(22)17-14-13(18-20-19-14)15(23)21-7-1-2-8-21/h3-6H,1-2,7-9H2,(H2,17,18,19,20,22). The van der Waals surface area contributed by atoms with Crippen LogP contribution in [0.1, 0.15) is 28.9 Å². The summed E-state index contributed by atoms with van der Waals surface area (Å²) in [5.74, 6) is -0.826. The number of hydrogen-bond donors (Lipinski definition) is 2. The minimum Gasteiger partial charge on any atom is -0.337 e. The Morgan fingerprint density at radius 3 is 2.57 bits per heavy atom. The molecular formula is C15H16FN5O2. The monoisotopic (exact) mass is 317 g/mol. The summed E-state index contributed by atoms with van der Waals surface area (Å²) < 4.78 is 12.9. The molecule has 1 aromatic heterocycles. The lowest BCUT2D eigenvalue weighted by molar-refractivity contribution is -0.115. The van der Waals surface area contributed by atoms with Gasteiger partial charge in [0.05, 0.1) is 6.42 Å². The maximum atomic E-state index is 12.9. The van der Waals surface area contributed by atoms with Gasteiger partial charge >= 0.3 is 0 Å². The van der Waals surface area contributed by atoms with Gasteiger partial charge in [-0.05, 0) is 30.5 Å². The van der Waals surface area contributed by atoms with E-state index in [0.29, 0.717) is 18.7 Å². The highest BCUT2D eigenvalue weighted by molar-refractivity contribution is 6.01. The molecule has 1 aromatic carbocycles. The molecule has 8 heteroatoms. The smallest absolute Gasteiger partial charge is 0.278 e. The predicted octanol–water partition coefficient (Wildman–Crippen LogP) is 1.36. The number of anilines is 1. The van der Waals surface area contributed by atoms with Crippen LogP contribution in [0, 0.1) is 5.82 Å². The number of aromatic amines is 1. The molecule has 1 fully saturated rings. The van der Waals surface area contributed by atoms with Gasteiger partial charge in [-0.3, -0.25) is 9.59 Å². The van der Waals surface area contributed by atoms with E-state index in [1.807, 2.05) is 0 Å². The maximum Gasteiger partial charge on any atom is 0.278 e. The van der Waals surface area contributed by atoms with Crippen molar-refractivity contribution in [1.82, 2.24) is 20.3 Å². The second-order valence-electron chi connectivity index (χ2n) is 5.37. The molecule has 0 unspecified atom stereocenters. The van der Waals surface area contributed by atoms with Crippen LogP contribution in [0.25, 0.3) is 0 Å². The van der Waals surface area contributed by atoms with Crippen LogP contribution >= 0.6 is 0 Å². The van der Waals surface area contributed by atoms with E-state index in [-0.39, 0.29) is 35.6 Å². The van der Waals surface area contributed by atoms with Gasteiger partial charge in [-0.25, -0.2) is 4.39 Å². The molecule has 3 rings (SSSR count). The van der Waals surface area contributed by atoms with E-state index >= 15 is 0 Å². The highest BCUT2D eigenvalue weighted by atomic mass is 19.1. The zero-order valence-electron chi connectivity index (χ0n) is 12.4. The van der Waals surface area contributed by atoms with Crippen LogP contribution in [0.4, 0.5) is 10.2 Å². The van der Waals surface area contributed by atoms with E-state index in [9.17, 15) is 14.0 Å². The summed E-state index contributed by atoms with van der Waals surface area (Å²) in [6, 6.07) is 5.66. The Bertz CT molecular complexity index is 707. The molecule has 2 N–H and O–H groups in total. The molecule has 2 aromatic rings. The van der Waals surface area contributed by atoms with Crippen LogP contribution in [0.5, 0.6) is 0 Å². The third-order valence-corrected chi connectivity index (χ3v) is 3.68. The normalized spacial score (nSPS) is 14.0. The van der Waals surface area contributed by atoms with E-state index in [0.717, 1.165) is 12.8 Å². The summed E-state index contributed by atoms with van der Waals surface area (Å²) in [5.41, 5.74) is 0.777. The molecule has 0 spiro atoms. The second kappa shape index (κ2) is 6.55. The van der Waals surface area contributed by atoms with Gasteiger partial charge in [-0.1, -0.05) is 12.1 Å². The number of rotatable bonds is 4. The van der Waals surface area contributed by atoms with E-state index in [2.05, 4.69) is 20.7 Å². The third kappa shape index (κ3) is 3.53. The lowest BCUT2D eigenvalue weighted by atomic mass is 10.1. The summed E-state index contributed by atoms with van der Waals surface area (Å²) in [4.78, 5) is 26.1. The van der Waals surface area contributed by atoms with Gasteiger partial charge in [-0.15, -0.1) is 10.2 Å². The van der Waals surface area contributed by atoms with Crippen molar-refractivity contribution in [3.05, 3.63) is 41.3 Å². The topological polar surface area (TPSA) is 91.0 Å². The molecule has 0 bridgehead atoms. The van der Waals surface area contributed by atoms with Crippen molar-refractivity contribution in [3.63, 3.8) is 0 Å². The van der Waals surface area contributed by atoms with Gasteiger partial charge in [-0.2, -0.15) is 5.21 Å².